The molecular formula is C15H28O2. The summed E-state index contributed by atoms with van der Waals surface area (Å²) in [5.74, 6) is 0.585. The van der Waals surface area contributed by atoms with E-state index in [-0.39, 0.29) is 11.4 Å². The van der Waals surface area contributed by atoms with E-state index in [1.165, 1.54) is 32.1 Å². The standard InChI is InChI=1S/C15H28O2/c1-4-6-12-15(3,14(16)17-5-2)13-10-8-7-9-11-13/h13H,4-12H2,1-3H3. The molecule has 1 rings (SSSR count). The van der Waals surface area contributed by atoms with Gasteiger partial charge in [0.05, 0.1) is 12.0 Å². The van der Waals surface area contributed by atoms with Gasteiger partial charge in [-0.25, -0.2) is 0 Å². The van der Waals surface area contributed by atoms with Crippen molar-refractivity contribution in [1.29, 1.82) is 0 Å². The Balaban J connectivity index is 2.71. The predicted octanol–water partition coefficient (Wildman–Crippen LogP) is 4.33. The molecule has 1 saturated carbocycles. The second-order valence-electron chi connectivity index (χ2n) is 5.58. The first-order valence-electron chi connectivity index (χ1n) is 7.32. The fourth-order valence-electron chi connectivity index (χ4n) is 3.05. The Bertz CT molecular complexity index is 231. The molecule has 1 unspecified atom stereocenters. The van der Waals surface area contributed by atoms with Gasteiger partial charge in [-0.3, -0.25) is 4.79 Å². The third kappa shape index (κ3) is 3.72. The maximum absolute atomic E-state index is 12.2. The van der Waals surface area contributed by atoms with E-state index in [4.69, 9.17) is 4.74 Å². The van der Waals surface area contributed by atoms with Gasteiger partial charge in [0, 0.05) is 0 Å². The molecule has 0 amide bonds. The van der Waals surface area contributed by atoms with Gasteiger partial charge in [-0.15, -0.1) is 0 Å². The van der Waals surface area contributed by atoms with Crippen LogP contribution in [-0.4, -0.2) is 12.6 Å². The highest BCUT2D eigenvalue weighted by molar-refractivity contribution is 5.76. The van der Waals surface area contributed by atoms with Gasteiger partial charge in [0.15, 0.2) is 0 Å². The minimum atomic E-state index is -0.230. The van der Waals surface area contributed by atoms with Crippen molar-refractivity contribution in [2.24, 2.45) is 11.3 Å². The van der Waals surface area contributed by atoms with Gasteiger partial charge >= 0.3 is 5.97 Å². The molecule has 0 spiro atoms. The minimum absolute atomic E-state index is 0.0420. The Labute approximate surface area is 106 Å². The summed E-state index contributed by atoms with van der Waals surface area (Å²) in [6.07, 6.45) is 9.60. The maximum Gasteiger partial charge on any atom is 0.312 e. The molecule has 0 aromatic heterocycles. The summed E-state index contributed by atoms with van der Waals surface area (Å²) < 4.78 is 5.32. The van der Waals surface area contributed by atoms with Crippen molar-refractivity contribution in [3.8, 4) is 0 Å². The van der Waals surface area contributed by atoms with Crippen molar-refractivity contribution in [1.82, 2.24) is 0 Å². The van der Waals surface area contributed by atoms with Crippen LogP contribution in [0.4, 0.5) is 0 Å². The van der Waals surface area contributed by atoms with Crippen LogP contribution in [0.1, 0.15) is 72.1 Å². The summed E-state index contributed by atoms with van der Waals surface area (Å²) in [6.45, 7) is 6.73. The Morgan fingerprint density at radius 1 is 1.24 bits per heavy atom. The van der Waals surface area contributed by atoms with Crippen LogP contribution < -0.4 is 0 Å². The zero-order valence-corrected chi connectivity index (χ0v) is 11.8. The number of ether oxygens (including phenoxy) is 1. The number of carbonyl (C=O) groups is 1. The van der Waals surface area contributed by atoms with Gasteiger partial charge < -0.3 is 4.74 Å². The highest BCUT2D eigenvalue weighted by Crippen LogP contribution is 2.42. The molecule has 1 atom stereocenters. The van der Waals surface area contributed by atoms with Crippen LogP contribution in [0.15, 0.2) is 0 Å². The van der Waals surface area contributed by atoms with Crippen LogP contribution in [0.2, 0.25) is 0 Å². The highest BCUT2D eigenvalue weighted by Gasteiger charge is 2.41. The van der Waals surface area contributed by atoms with Crippen LogP contribution in [-0.2, 0) is 9.53 Å². The zero-order valence-electron chi connectivity index (χ0n) is 11.8. The van der Waals surface area contributed by atoms with Crippen LogP contribution in [0, 0.1) is 11.3 Å². The lowest BCUT2D eigenvalue weighted by Crippen LogP contribution is -2.38. The Morgan fingerprint density at radius 3 is 2.41 bits per heavy atom. The van der Waals surface area contributed by atoms with Gasteiger partial charge in [0.25, 0.3) is 0 Å². The van der Waals surface area contributed by atoms with E-state index >= 15 is 0 Å². The van der Waals surface area contributed by atoms with E-state index in [9.17, 15) is 4.79 Å². The summed E-state index contributed by atoms with van der Waals surface area (Å²) in [5, 5.41) is 0. The fraction of sp³-hybridized carbons (Fsp3) is 0.933. The van der Waals surface area contributed by atoms with E-state index in [0.717, 1.165) is 19.3 Å². The van der Waals surface area contributed by atoms with Crippen molar-refractivity contribution in [3.63, 3.8) is 0 Å². The number of esters is 1. The normalized spacial score (nSPS) is 20.9. The van der Waals surface area contributed by atoms with E-state index in [2.05, 4.69) is 13.8 Å². The molecule has 0 aliphatic heterocycles. The van der Waals surface area contributed by atoms with Gasteiger partial charge in [0.2, 0.25) is 0 Å². The molecule has 0 saturated heterocycles. The number of unbranched alkanes of at least 4 members (excludes halogenated alkanes) is 1. The molecule has 0 heterocycles. The first kappa shape index (κ1) is 14.5. The van der Waals surface area contributed by atoms with Crippen LogP contribution in [0.5, 0.6) is 0 Å². The molecule has 0 bridgehead atoms. The molecule has 2 heteroatoms. The third-order valence-electron chi connectivity index (χ3n) is 4.30. The molecule has 0 N–H and O–H groups in total. The first-order valence-corrected chi connectivity index (χ1v) is 7.32. The Kier molecular flexibility index (Phi) is 6.01. The largest absolute Gasteiger partial charge is 0.466 e. The Morgan fingerprint density at radius 2 is 1.88 bits per heavy atom. The highest BCUT2D eigenvalue weighted by atomic mass is 16.5. The minimum Gasteiger partial charge on any atom is -0.466 e. The van der Waals surface area contributed by atoms with E-state index in [1.54, 1.807) is 0 Å². The van der Waals surface area contributed by atoms with Crippen LogP contribution >= 0.6 is 0 Å². The quantitative estimate of drug-likeness (QED) is 0.646. The lowest BCUT2D eigenvalue weighted by atomic mass is 9.67. The first-order chi connectivity index (χ1) is 8.15. The van der Waals surface area contributed by atoms with E-state index in [1.807, 2.05) is 6.92 Å². The molecule has 100 valence electrons. The van der Waals surface area contributed by atoms with Crippen molar-refractivity contribution < 1.29 is 9.53 Å². The average molecular weight is 240 g/mol. The molecule has 1 aliphatic rings. The third-order valence-corrected chi connectivity index (χ3v) is 4.30. The monoisotopic (exact) mass is 240 g/mol. The molecule has 2 nitrogen and oxygen atoms in total. The van der Waals surface area contributed by atoms with Gasteiger partial charge in [-0.2, -0.15) is 0 Å². The summed E-state index contributed by atoms with van der Waals surface area (Å²) in [6, 6.07) is 0. The summed E-state index contributed by atoms with van der Waals surface area (Å²) in [4.78, 5) is 12.2. The molecule has 17 heavy (non-hydrogen) atoms. The van der Waals surface area contributed by atoms with Gasteiger partial charge in [-0.05, 0) is 39.0 Å². The molecule has 0 aromatic carbocycles. The van der Waals surface area contributed by atoms with Crippen LogP contribution in [0.25, 0.3) is 0 Å². The molecule has 0 aromatic rings. The van der Waals surface area contributed by atoms with Crippen LogP contribution in [0.3, 0.4) is 0 Å². The van der Waals surface area contributed by atoms with Gasteiger partial charge in [-0.1, -0.05) is 39.0 Å². The maximum atomic E-state index is 12.2. The number of hydrogen-bond donors (Lipinski definition) is 0. The molecule has 0 radical (unpaired) electrons. The summed E-state index contributed by atoms with van der Waals surface area (Å²) in [5.41, 5.74) is -0.230. The Hall–Kier alpha value is -0.530. The molecular weight excluding hydrogens is 212 g/mol. The van der Waals surface area contributed by atoms with Crippen molar-refractivity contribution >= 4 is 5.97 Å². The molecule has 1 fully saturated rings. The lowest BCUT2D eigenvalue weighted by molar-refractivity contribution is -0.159. The second-order valence-corrected chi connectivity index (χ2v) is 5.58. The topological polar surface area (TPSA) is 26.3 Å². The molecule has 1 aliphatic carbocycles. The number of hydrogen-bond acceptors (Lipinski definition) is 2. The van der Waals surface area contributed by atoms with Gasteiger partial charge in [0.1, 0.15) is 0 Å². The lowest BCUT2D eigenvalue weighted by Gasteiger charge is -2.38. The van der Waals surface area contributed by atoms with Crippen molar-refractivity contribution in [3.05, 3.63) is 0 Å². The number of carbonyl (C=O) groups excluding carboxylic acids is 1. The smallest absolute Gasteiger partial charge is 0.312 e. The van der Waals surface area contributed by atoms with E-state index in [0.29, 0.717) is 12.5 Å². The fourth-order valence-corrected chi connectivity index (χ4v) is 3.05. The zero-order chi connectivity index (χ0) is 12.7. The SMILES string of the molecule is CCCCC(C)(C(=O)OCC)C1CCCCC1. The second kappa shape index (κ2) is 7.03. The van der Waals surface area contributed by atoms with Crippen molar-refractivity contribution in [2.75, 3.05) is 6.61 Å². The van der Waals surface area contributed by atoms with Crippen molar-refractivity contribution in [2.45, 2.75) is 72.1 Å². The van der Waals surface area contributed by atoms with E-state index < -0.39 is 0 Å². The average Bonchev–Trinajstić information content (AvgIpc) is 2.37. The predicted molar refractivity (Wildman–Crippen MR) is 70.8 cm³/mol. The summed E-state index contributed by atoms with van der Waals surface area (Å²) in [7, 11) is 0. The number of rotatable bonds is 6. The summed E-state index contributed by atoms with van der Waals surface area (Å²) >= 11 is 0.